The smallest absolute Gasteiger partial charge is 0.135 e. The van der Waals surface area contributed by atoms with Gasteiger partial charge < -0.3 is 0 Å². The fourth-order valence-electron chi connectivity index (χ4n) is 1.98. The van der Waals surface area contributed by atoms with Crippen LogP contribution in [0.15, 0.2) is 42.6 Å². The van der Waals surface area contributed by atoms with Gasteiger partial charge in [0.1, 0.15) is 5.78 Å². The summed E-state index contributed by atoms with van der Waals surface area (Å²) in [7, 11) is 0. The third-order valence-electron chi connectivity index (χ3n) is 2.81. The highest BCUT2D eigenvalue weighted by atomic mass is 16.1. The van der Waals surface area contributed by atoms with Crippen LogP contribution in [-0.2, 0) is 17.6 Å². The first-order chi connectivity index (χ1) is 8.63. The van der Waals surface area contributed by atoms with Crippen LogP contribution >= 0.6 is 0 Å². The Balaban J connectivity index is 2.08. The number of pyridine rings is 1. The molecule has 0 saturated carbocycles. The normalized spacial score (nSPS) is 10.3. The van der Waals surface area contributed by atoms with E-state index >= 15 is 0 Å². The molecule has 92 valence electrons. The van der Waals surface area contributed by atoms with E-state index in [4.69, 9.17) is 0 Å². The highest BCUT2D eigenvalue weighted by Gasteiger charge is 2.01. The van der Waals surface area contributed by atoms with Gasteiger partial charge in [-0.2, -0.15) is 0 Å². The molecule has 0 bridgehead atoms. The minimum atomic E-state index is 0.147. The number of carbonyl (C=O) groups is 1. The second kappa shape index (κ2) is 5.58. The van der Waals surface area contributed by atoms with Crippen LogP contribution in [0.2, 0.25) is 0 Å². The average Bonchev–Trinajstić information content (AvgIpc) is 2.31. The van der Waals surface area contributed by atoms with E-state index in [1.807, 2.05) is 18.3 Å². The molecule has 1 aromatic heterocycles. The number of hydrogen-bond acceptors (Lipinski definition) is 2. The van der Waals surface area contributed by atoms with Gasteiger partial charge in [0.15, 0.2) is 0 Å². The van der Waals surface area contributed by atoms with Crippen molar-refractivity contribution in [2.75, 3.05) is 0 Å². The maximum atomic E-state index is 11.0. The van der Waals surface area contributed by atoms with E-state index in [0.29, 0.717) is 6.42 Å². The number of Topliss-reactive ketones (excluding diaryl/α,β-unsaturated/α-hetero) is 1. The zero-order valence-electron chi connectivity index (χ0n) is 10.8. The Labute approximate surface area is 108 Å². The van der Waals surface area contributed by atoms with Crippen LogP contribution in [0.3, 0.4) is 0 Å². The Morgan fingerprint density at radius 2 is 2.00 bits per heavy atom. The summed E-state index contributed by atoms with van der Waals surface area (Å²) in [6, 6.07) is 12.5. The van der Waals surface area contributed by atoms with E-state index < -0.39 is 0 Å². The van der Waals surface area contributed by atoms with E-state index in [-0.39, 0.29) is 5.78 Å². The summed E-state index contributed by atoms with van der Waals surface area (Å²) in [6.07, 6.45) is 3.17. The summed E-state index contributed by atoms with van der Waals surface area (Å²) in [5, 5.41) is 0. The van der Waals surface area contributed by atoms with E-state index in [9.17, 15) is 4.79 Å². The number of hydrogen-bond donors (Lipinski definition) is 0. The summed E-state index contributed by atoms with van der Waals surface area (Å²) in [5.74, 6) is 0.147. The zero-order valence-corrected chi connectivity index (χ0v) is 10.8. The van der Waals surface area contributed by atoms with E-state index in [1.54, 1.807) is 6.92 Å². The number of carbonyl (C=O) groups excluding carboxylic acids is 1. The van der Waals surface area contributed by atoms with Gasteiger partial charge in [-0.1, -0.05) is 35.9 Å². The fourth-order valence-corrected chi connectivity index (χ4v) is 1.98. The summed E-state index contributed by atoms with van der Waals surface area (Å²) in [4.78, 5) is 15.3. The van der Waals surface area contributed by atoms with Crippen LogP contribution in [0.1, 0.15) is 29.3 Å². The van der Waals surface area contributed by atoms with Gasteiger partial charge in [0.2, 0.25) is 0 Å². The molecule has 0 aliphatic heterocycles. The highest BCUT2D eigenvalue weighted by Crippen LogP contribution is 2.11. The first-order valence-electron chi connectivity index (χ1n) is 6.12. The molecule has 0 saturated heterocycles. The molecule has 2 aromatic rings. The van der Waals surface area contributed by atoms with E-state index in [2.05, 4.69) is 36.2 Å². The number of nitrogens with zero attached hydrogens (tertiary/aromatic N) is 1. The topological polar surface area (TPSA) is 30.0 Å². The van der Waals surface area contributed by atoms with Crippen LogP contribution in [0.4, 0.5) is 0 Å². The summed E-state index contributed by atoms with van der Waals surface area (Å²) in [6.45, 7) is 3.68. The predicted molar refractivity (Wildman–Crippen MR) is 72.6 cm³/mol. The van der Waals surface area contributed by atoms with E-state index in [1.165, 1.54) is 16.7 Å². The lowest BCUT2D eigenvalue weighted by Crippen LogP contribution is -1.99. The molecule has 0 radical (unpaired) electrons. The van der Waals surface area contributed by atoms with Gasteiger partial charge in [0, 0.05) is 18.3 Å². The van der Waals surface area contributed by atoms with Gasteiger partial charge in [0.05, 0.1) is 0 Å². The third kappa shape index (κ3) is 3.52. The molecular formula is C16H17NO. The number of aryl methyl sites for hydroxylation is 1. The Morgan fingerprint density at radius 3 is 2.61 bits per heavy atom. The van der Waals surface area contributed by atoms with Crippen LogP contribution in [0, 0.1) is 6.92 Å². The average molecular weight is 239 g/mol. The Bertz CT molecular complexity index is 543. The molecular weight excluding hydrogens is 222 g/mol. The quantitative estimate of drug-likeness (QED) is 0.820. The maximum Gasteiger partial charge on any atom is 0.135 e. The zero-order chi connectivity index (χ0) is 13.0. The molecule has 0 aliphatic carbocycles. The molecule has 1 heterocycles. The lowest BCUT2D eigenvalue weighted by molar-refractivity contribution is -0.116. The molecule has 2 nitrogen and oxygen atoms in total. The first kappa shape index (κ1) is 12.5. The van der Waals surface area contributed by atoms with E-state index in [0.717, 1.165) is 12.1 Å². The fraction of sp³-hybridized carbons (Fsp3) is 0.250. The van der Waals surface area contributed by atoms with Gasteiger partial charge in [0.25, 0.3) is 0 Å². The maximum absolute atomic E-state index is 11.0. The number of aromatic nitrogens is 1. The predicted octanol–water partition coefficient (Wildman–Crippen LogP) is 3.11. The Morgan fingerprint density at radius 1 is 1.17 bits per heavy atom. The second-order valence-electron chi connectivity index (χ2n) is 4.70. The molecule has 0 spiro atoms. The molecule has 0 atom stereocenters. The molecule has 2 heteroatoms. The molecule has 0 unspecified atom stereocenters. The largest absolute Gasteiger partial charge is 0.300 e. The van der Waals surface area contributed by atoms with Crippen LogP contribution in [0.5, 0.6) is 0 Å². The lowest BCUT2D eigenvalue weighted by atomic mass is 10.0. The van der Waals surface area contributed by atoms with Crippen molar-refractivity contribution in [2.45, 2.75) is 26.7 Å². The molecule has 1 aromatic carbocycles. The molecule has 0 amide bonds. The van der Waals surface area contributed by atoms with Crippen molar-refractivity contribution in [1.29, 1.82) is 0 Å². The van der Waals surface area contributed by atoms with Gasteiger partial charge in [-0.15, -0.1) is 0 Å². The Kier molecular flexibility index (Phi) is 3.88. The van der Waals surface area contributed by atoms with Crippen LogP contribution in [0.25, 0.3) is 0 Å². The van der Waals surface area contributed by atoms with Gasteiger partial charge in [-0.3, -0.25) is 9.78 Å². The van der Waals surface area contributed by atoms with Gasteiger partial charge >= 0.3 is 0 Å². The van der Waals surface area contributed by atoms with Crippen molar-refractivity contribution in [3.8, 4) is 0 Å². The molecule has 0 N–H and O–H groups in total. The third-order valence-corrected chi connectivity index (χ3v) is 2.81. The number of benzene rings is 1. The highest BCUT2D eigenvalue weighted by molar-refractivity contribution is 5.77. The number of rotatable bonds is 4. The molecule has 18 heavy (non-hydrogen) atoms. The number of ketones is 1. The van der Waals surface area contributed by atoms with Crippen molar-refractivity contribution in [2.24, 2.45) is 0 Å². The van der Waals surface area contributed by atoms with Crippen LogP contribution in [-0.4, -0.2) is 10.8 Å². The second-order valence-corrected chi connectivity index (χ2v) is 4.70. The molecule has 2 rings (SSSR count). The van der Waals surface area contributed by atoms with Gasteiger partial charge in [-0.25, -0.2) is 0 Å². The van der Waals surface area contributed by atoms with Gasteiger partial charge in [-0.05, 0) is 37.5 Å². The minimum Gasteiger partial charge on any atom is -0.300 e. The summed E-state index contributed by atoms with van der Waals surface area (Å²) in [5.41, 5.74) is 4.58. The lowest BCUT2D eigenvalue weighted by Gasteiger charge is -2.04. The first-order valence-corrected chi connectivity index (χ1v) is 6.12. The minimum absolute atomic E-state index is 0.147. The molecule has 0 fully saturated rings. The monoisotopic (exact) mass is 239 g/mol. The molecule has 0 aliphatic rings. The van der Waals surface area contributed by atoms with Crippen molar-refractivity contribution in [1.82, 2.24) is 4.98 Å². The van der Waals surface area contributed by atoms with Crippen molar-refractivity contribution in [3.05, 3.63) is 65.0 Å². The standard InChI is InChI=1S/C16H17NO/c1-12-4-3-5-14(8-12)10-15-6-7-16(17-11-15)9-13(2)18/h3-8,11H,9-10H2,1-2H3. The summed E-state index contributed by atoms with van der Waals surface area (Å²) >= 11 is 0. The van der Waals surface area contributed by atoms with Crippen molar-refractivity contribution >= 4 is 5.78 Å². The Hall–Kier alpha value is -1.96. The summed E-state index contributed by atoms with van der Waals surface area (Å²) < 4.78 is 0. The van der Waals surface area contributed by atoms with Crippen molar-refractivity contribution < 1.29 is 4.79 Å². The van der Waals surface area contributed by atoms with Crippen LogP contribution < -0.4 is 0 Å². The SMILES string of the molecule is CC(=O)Cc1ccc(Cc2cccc(C)c2)cn1. The van der Waals surface area contributed by atoms with Crippen molar-refractivity contribution in [3.63, 3.8) is 0 Å².